The topological polar surface area (TPSA) is 77.7 Å². The van der Waals surface area contributed by atoms with Crippen LogP contribution in [-0.4, -0.2) is 21.4 Å². The largest absolute Gasteiger partial charge is 0.504 e. The van der Waals surface area contributed by atoms with Crippen LogP contribution in [0.2, 0.25) is 5.02 Å². The highest BCUT2D eigenvalue weighted by Crippen LogP contribution is 2.33. The van der Waals surface area contributed by atoms with Gasteiger partial charge in [0.05, 0.1) is 11.2 Å². The predicted molar refractivity (Wildman–Crippen MR) is 70.2 cm³/mol. The van der Waals surface area contributed by atoms with E-state index < -0.39 is 0 Å². The first kappa shape index (κ1) is 12.2. The predicted octanol–water partition coefficient (Wildman–Crippen LogP) is 2.59. The summed E-state index contributed by atoms with van der Waals surface area (Å²) in [7, 11) is 0. The lowest BCUT2D eigenvalue weighted by Gasteiger charge is -2.02. The van der Waals surface area contributed by atoms with Crippen molar-refractivity contribution in [1.29, 1.82) is 0 Å². The first-order valence-electron chi connectivity index (χ1n) is 5.08. The highest BCUT2D eigenvalue weighted by Gasteiger charge is 2.05. The molecule has 2 rings (SSSR count). The Morgan fingerprint density at radius 1 is 1.28 bits per heavy atom. The minimum Gasteiger partial charge on any atom is -0.504 e. The number of rotatable bonds is 3. The molecule has 0 unspecified atom stereocenters. The summed E-state index contributed by atoms with van der Waals surface area (Å²) in [5, 5.41) is 22.6. The fraction of sp³-hybridized carbons (Fsp3) is 0. The van der Waals surface area contributed by atoms with Crippen LogP contribution in [0.15, 0.2) is 41.6 Å². The molecule has 0 saturated carbocycles. The molecule has 0 fully saturated rings. The SMILES string of the molecule is Oc1cc(/C=N/Nc2ccccn2)cc(Cl)c1O. The number of nitrogens with one attached hydrogen (secondary N) is 1. The summed E-state index contributed by atoms with van der Waals surface area (Å²) in [6, 6.07) is 8.23. The first-order chi connectivity index (χ1) is 8.66. The molecule has 0 saturated heterocycles. The van der Waals surface area contributed by atoms with Crippen molar-refractivity contribution in [3.63, 3.8) is 0 Å². The number of hydrogen-bond donors (Lipinski definition) is 3. The molecular formula is C12H10ClN3O2. The third kappa shape index (κ3) is 2.89. The maximum Gasteiger partial charge on any atom is 0.176 e. The molecular weight excluding hydrogens is 254 g/mol. The van der Waals surface area contributed by atoms with Crippen LogP contribution in [0.1, 0.15) is 5.56 Å². The summed E-state index contributed by atoms with van der Waals surface area (Å²) in [6.07, 6.45) is 3.10. The van der Waals surface area contributed by atoms with Crippen molar-refractivity contribution in [1.82, 2.24) is 4.98 Å². The molecule has 0 bridgehead atoms. The lowest BCUT2D eigenvalue weighted by molar-refractivity contribution is 0.404. The van der Waals surface area contributed by atoms with Gasteiger partial charge in [-0.1, -0.05) is 17.7 Å². The van der Waals surface area contributed by atoms with Crippen molar-refractivity contribution in [3.8, 4) is 11.5 Å². The van der Waals surface area contributed by atoms with E-state index in [1.165, 1.54) is 18.3 Å². The average molecular weight is 264 g/mol. The molecule has 18 heavy (non-hydrogen) atoms. The van der Waals surface area contributed by atoms with Gasteiger partial charge in [0.2, 0.25) is 0 Å². The van der Waals surface area contributed by atoms with E-state index in [2.05, 4.69) is 15.5 Å². The molecule has 5 nitrogen and oxygen atoms in total. The van der Waals surface area contributed by atoms with Crippen molar-refractivity contribution < 1.29 is 10.2 Å². The van der Waals surface area contributed by atoms with Crippen molar-refractivity contribution in [3.05, 3.63) is 47.1 Å². The molecule has 0 aliphatic heterocycles. The van der Waals surface area contributed by atoms with Gasteiger partial charge in [-0.25, -0.2) is 4.98 Å². The lowest BCUT2D eigenvalue weighted by atomic mass is 10.2. The fourth-order valence-corrected chi connectivity index (χ4v) is 1.50. The number of aromatic nitrogens is 1. The van der Waals surface area contributed by atoms with E-state index in [-0.39, 0.29) is 16.5 Å². The molecule has 6 heteroatoms. The molecule has 1 heterocycles. The first-order valence-corrected chi connectivity index (χ1v) is 5.46. The summed E-state index contributed by atoms with van der Waals surface area (Å²) in [5.41, 5.74) is 3.27. The number of aromatic hydroxyl groups is 2. The van der Waals surface area contributed by atoms with Crippen LogP contribution >= 0.6 is 11.6 Å². The van der Waals surface area contributed by atoms with Gasteiger partial charge in [-0.3, -0.25) is 5.43 Å². The van der Waals surface area contributed by atoms with Crippen molar-refractivity contribution in [2.75, 3.05) is 5.43 Å². The van der Waals surface area contributed by atoms with E-state index in [9.17, 15) is 10.2 Å². The Morgan fingerprint density at radius 3 is 2.78 bits per heavy atom. The third-order valence-corrected chi connectivity index (χ3v) is 2.41. The van der Waals surface area contributed by atoms with Gasteiger partial charge in [0.15, 0.2) is 11.5 Å². The van der Waals surface area contributed by atoms with Crippen LogP contribution in [0, 0.1) is 0 Å². The molecule has 0 spiro atoms. The highest BCUT2D eigenvalue weighted by molar-refractivity contribution is 6.32. The Hall–Kier alpha value is -2.27. The average Bonchev–Trinajstić information content (AvgIpc) is 2.37. The van der Waals surface area contributed by atoms with Crippen LogP contribution in [0.25, 0.3) is 0 Å². The van der Waals surface area contributed by atoms with E-state index in [0.29, 0.717) is 11.4 Å². The number of hydrazone groups is 1. The summed E-state index contributed by atoms with van der Waals surface area (Å²) >= 11 is 5.71. The lowest BCUT2D eigenvalue weighted by Crippen LogP contribution is -1.92. The third-order valence-electron chi connectivity index (χ3n) is 2.12. The van der Waals surface area contributed by atoms with E-state index in [0.717, 1.165) is 0 Å². The number of hydrogen-bond acceptors (Lipinski definition) is 5. The fourth-order valence-electron chi connectivity index (χ4n) is 1.28. The zero-order valence-corrected chi connectivity index (χ0v) is 9.96. The number of benzene rings is 1. The second kappa shape index (κ2) is 5.37. The number of phenolic OH excluding ortho intramolecular Hbond substituents is 2. The Labute approximate surface area is 108 Å². The van der Waals surface area contributed by atoms with Crippen LogP contribution < -0.4 is 5.43 Å². The maximum atomic E-state index is 9.37. The van der Waals surface area contributed by atoms with Gasteiger partial charge < -0.3 is 10.2 Å². The number of nitrogens with zero attached hydrogens (tertiary/aromatic N) is 2. The van der Waals surface area contributed by atoms with Crippen LogP contribution in [0.3, 0.4) is 0 Å². The van der Waals surface area contributed by atoms with Gasteiger partial charge in [-0.15, -0.1) is 0 Å². The standard InChI is InChI=1S/C12H10ClN3O2/c13-9-5-8(6-10(17)12(9)18)7-15-16-11-3-1-2-4-14-11/h1-7,17-18H,(H,14,16)/b15-7+. The second-order valence-corrected chi connectivity index (χ2v) is 3.86. The van der Waals surface area contributed by atoms with Crippen LogP contribution in [0.4, 0.5) is 5.82 Å². The zero-order valence-electron chi connectivity index (χ0n) is 9.21. The molecule has 0 radical (unpaired) electrons. The molecule has 0 amide bonds. The second-order valence-electron chi connectivity index (χ2n) is 3.46. The number of pyridine rings is 1. The molecule has 0 atom stereocenters. The van der Waals surface area contributed by atoms with E-state index >= 15 is 0 Å². The minimum absolute atomic E-state index is 0.0642. The van der Waals surface area contributed by atoms with Crippen LogP contribution in [0.5, 0.6) is 11.5 Å². The van der Waals surface area contributed by atoms with E-state index in [1.54, 1.807) is 18.3 Å². The molecule has 0 aliphatic rings. The summed E-state index contributed by atoms with van der Waals surface area (Å²) in [4.78, 5) is 4.02. The molecule has 0 aliphatic carbocycles. The zero-order chi connectivity index (χ0) is 13.0. The Kier molecular flexibility index (Phi) is 3.64. The van der Waals surface area contributed by atoms with Gasteiger partial charge in [0.1, 0.15) is 5.82 Å². The van der Waals surface area contributed by atoms with Crippen LogP contribution in [-0.2, 0) is 0 Å². The van der Waals surface area contributed by atoms with Crippen molar-refractivity contribution in [2.45, 2.75) is 0 Å². The number of phenols is 2. The monoisotopic (exact) mass is 263 g/mol. The normalized spacial score (nSPS) is 10.7. The molecule has 92 valence electrons. The van der Waals surface area contributed by atoms with Gasteiger partial charge >= 0.3 is 0 Å². The van der Waals surface area contributed by atoms with Crippen molar-refractivity contribution in [2.24, 2.45) is 5.10 Å². The van der Waals surface area contributed by atoms with Crippen molar-refractivity contribution >= 4 is 23.6 Å². The molecule has 1 aromatic carbocycles. The quantitative estimate of drug-likeness (QED) is 0.452. The van der Waals surface area contributed by atoms with Gasteiger partial charge in [-0.2, -0.15) is 5.10 Å². The Balaban J connectivity index is 2.10. The summed E-state index contributed by atoms with van der Waals surface area (Å²) in [6.45, 7) is 0. The number of anilines is 1. The number of halogens is 1. The molecule has 1 aromatic heterocycles. The molecule has 2 aromatic rings. The molecule has 3 N–H and O–H groups in total. The minimum atomic E-state index is -0.341. The van der Waals surface area contributed by atoms with E-state index in [1.807, 2.05) is 6.07 Å². The summed E-state index contributed by atoms with van der Waals surface area (Å²) < 4.78 is 0. The van der Waals surface area contributed by atoms with Gasteiger partial charge in [-0.05, 0) is 29.8 Å². The van der Waals surface area contributed by atoms with E-state index in [4.69, 9.17) is 11.6 Å². The van der Waals surface area contributed by atoms with Gasteiger partial charge in [0, 0.05) is 6.20 Å². The Morgan fingerprint density at radius 2 is 2.11 bits per heavy atom. The summed E-state index contributed by atoms with van der Waals surface area (Å²) in [5.74, 6) is -0.0314. The van der Waals surface area contributed by atoms with Gasteiger partial charge in [0.25, 0.3) is 0 Å². The Bertz CT molecular complexity index is 550. The highest BCUT2D eigenvalue weighted by atomic mass is 35.5. The maximum absolute atomic E-state index is 9.37. The smallest absolute Gasteiger partial charge is 0.176 e.